The zero-order chi connectivity index (χ0) is 22.0. The molecule has 0 aliphatic carbocycles. The van der Waals surface area contributed by atoms with Crippen LogP contribution in [0, 0.1) is 0 Å². The minimum absolute atomic E-state index is 0.294. The van der Waals surface area contributed by atoms with Gasteiger partial charge >= 0.3 is 12.0 Å². The average molecular weight is 429 g/mol. The maximum Gasteiger partial charge on any atom is 0.328 e. The number of urea groups is 1. The Balaban J connectivity index is 1.48. The van der Waals surface area contributed by atoms with Crippen molar-refractivity contribution in [2.75, 3.05) is 47.0 Å². The first-order valence-corrected chi connectivity index (χ1v) is 10.4. The lowest BCUT2D eigenvalue weighted by Gasteiger charge is -2.42. The molecule has 0 unspecified atom stereocenters. The second-order valence-corrected chi connectivity index (χ2v) is 7.95. The fraction of sp³-hybridized carbons (Fsp3) is 0.500. The van der Waals surface area contributed by atoms with Gasteiger partial charge in [0.1, 0.15) is 23.4 Å². The van der Waals surface area contributed by atoms with E-state index in [1.807, 2.05) is 30.3 Å². The number of imide groups is 1. The number of rotatable bonds is 7. The van der Waals surface area contributed by atoms with Gasteiger partial charge in [-0.05, 0) is 25.0 Å². The van der Waals surface area contributed by atoms with Crippen LogP contribution in [0.4, 0.5) is 4.79 Å². The molecule has 0 N–H and O–H groups in total. The van der Waals surface area contributed by atoms with Crippen molar-refractivity contribution < 1.29 is 28.3 Å². The Morgan fingerprint density at radius 3 is 2.58 bits per heavy atom. The monoisotopic (exact) mass is 429 g/mol. The van der Waals surface area contributed by atoms with E-state index < -0.39 is 17.5 Å². The molecule has 2 aliphatic rings. The number of fused-ring (bicyclic) bond motifs is 1. The van der Waals surface area contributed by atoms with Crippen LogP contribution >= 0.6 is 0 Å². The molecule has 9 heteroatoms. The standard InChI is InChI=1S/C22H27N3O6/c1-29-12-11-25-21(28)24(15-19(26)30-2)20(27)22(25)7-9-23(10-8-22)14-17-13-16-5-3-4-6-18(16)31-17/h3-6,13H,7-12,14-15H2,1-2H3. The van der Waals surface area contributed by atoms with Crippen molar-refractivity contribution in [2.45, 2.75) is 24.9 Å². The molecule has 1 aromatic carbocycles. The van der Waals surface area contributed by atoms with E-state index in [0.29, 0.717) is 45.6 Å². The summed E-state index contributed by atoms with van der Waals surface area (Å²) in [4.78, 5) is 42.8. The van der Waals surface area contributed by atoms with Crippen LogP contribution in [0.2, 0.25) is 0 Å². The summed E-state index contributed by atoms with van der Waals surface area (Å²) in [5, 5.41) is 1.06. The molecule has 4 rings (SSSR count). The number of furan rings is 1. The van der Waals surface area contributed by atoms with Gasteiger partial charge in [0.2, 0.25) is 0 Å². The number of esters is 1. The van der Waals surface area contributed by atoms with E-state index in [0.717, 1.165) is 21.6 Å². The van der Waals surface area contributed by atoms with Crippen molar-refractivity contribution in [1.82, 2.24) is 14.7 Å². The quantitative estimate of drug-likeness (QED) is 0.490. The third-order valence-corrected chi connectivity index (χ3v) is 6.19. The van der Waals surface area contributed by atoms with Crippen LogP contribution in [-0.4, -0.2) is 85.2 Å². The predicted molar refractivity (Wildman–Crippen MR) is 111 cm³/mol. The van der Waals surface area contributed by atoms with Crippen LogP contribution in [0.15, 0.2) is 34.7 Å². The molecule has 2 saturated heterocycles. The molecule has 0 saturated carbocycles. The molecule has 2 aromatic rings. The molecule has 2 fully saturated rings. The molecule has 3 amide bonds. The number of benzene rings is 1. The molecule has 1 aromatic heterocycles. The van der Waals surface area contributed by atoms with Gasteiger partial charge in [-0.25, -0.2) is 4.79 Å². The number of likely N-dealkylation sites (tertiary alicyclic amines) is 1. The smallest absolute Gasteiger partial charge is 0.328 e. The number of para-hydroxylation sites is 1. The fourth-order valence-electron chi connectivity index (χ4n) is 4.51. The summed E-state index contributed by atoms with van der Waals surface area (Å²) >= 11 is 0. The molecule has 1 spiro atoms. The van der Waals surface area contributed by atoms with Gasteiger partial charge in [-0.2, -0.15) is 0 Å². The van der Waals surface area contributed by atoms with Gasteiger partial charge in [-0.15, -0.1) is 0 Å². The van der Waals surface area contributed by atoms with Crippen molar-refractivity contribution >= 4 is 28.9 Å². The summed E-state index contributed by atoms with van der Waals surface area (Å²) < 4.78 is 15.7. The van der Waals surface area contributed by atoms with Gasteiger partial charge in [0.25, 0.3) is 5.91 Å². The largest absolute Gasteiger partial charge is 0.468 e. The molecule has 166 valence electrons. The first-order chi connectivity index (χ1) is 15.0. The molecule has 0 radical (unpaired) electrons. The van der Waals surface area contributed by atoms with E-state index in [-0.39, 0.29) is 12.5 Å². The third-order valence-electron chi connectivity index (χ3n) is 6.19. The van der Waals surface area contributed by atoms with Crippen LogP contribution in [0.1, 0.15) is 18.6 Å². The number of hydrogen-bond donors (Lipinski definition) is 0. The third kappa shape index (κ3) is 3.90. The lowest BCUT2D eigenvalue weighted by molar-refractivity contribution is -0.146. The second-order valence-electron chi connectivity index (χ2n) is 7.95. The number of nitrogens with zero attached hydrogens (tertiary/aromatic N) is 3. The Morgan fingerprint density at radius 2 is 1.90 bits per heavy atom. The number of methoxy groups -OCH3 is 2. The van der Waals surface area contributed by atoms with E-state index in [1.54, 1.807) is 12.0 Å². The van der Waals surface area contributed by atoms with Crippen molar-refractivity contribution in [3.8, 4) is 0 Å². The number of carbonyl (C=O) groups excluding carboxylic acids is 3. The number of carbonyl (C=O) groups is 3. The molecular formula is C22H27N3O6. The Kier molecular flexibility index (Phi) is 5.97. The molecule has 0 bridgehead atoms. The fourth-order valence-corrected chi connectivity index (χ4v) is 4.51. The maximum atomic E-state index is 13.3. The van der Waals surface area contributed by atoms with Gasteiger partial charge < -0.3 is 18.8 Å². The molecule has 9 nitrogen and oxygen atoms in total. The Bertz CT molecular complexity index is 946. The molecule has 2 aliphatic heterocycles. The Labute approximate surface area is 180 Å². The highest BCUT2D eigenvalue weighted by molar-refractivity contribution is 6.08. The van der Waals surface area contributed by atoms with E-state index in [2.05, 4.69) is 9.64 Å². The van der Waals surface area contributed by atoms with Crippen LogP contribution in [-0.2, 0) is 25.6 Å². The van der Waals surface area contributed by atoms with Gasteiger partial charge in [0.05, 0.1) is 20.3 Å². The lowest BCUT2D eigenvalue weighted by Crippen LogP contribution is -2.57. The normalized spacial score (nSPS) is 19.0. The van der Waals surface area contributed by atoms with Gasteiger partial charge in [-0.1, -0.05) is 18.2 Å². The summed E-state index contributed by atoms with van der Waals surface area (Å²) in [5.74, 6) is -0.0790. The van der Waals surface area contributed by atoms with E-state index >= 15 is 0 Å². The Morgan fingerprint density at radius 1 is 1.16 bits per heavy atom. The summed E-state index contributed by atoms with van der Waals surface area (Å²) in [5.41, 5.74) is -0.0969. The molecule has 0 atom stereocenters. The number of amides is 3. The number of piperidine rings is 1. The molecular weight excluding hydrogens is 402 g/mol. The van der Waals surface area contributed by atoms with Crippen LogP contribution in [0.25, 0.3) is 11.0 Å². The first kappa shape index (κ1) is 21.3. The van der Waals surface area contributed by atoms with Gasteiger partial charge in [0.15, 0.2) is 0 Å². The number of hydrogen-bond acceptors (Lipinski definition) is 7. The highest BCUT2D eigenvalue weighted by Crippen LogP contribution is 2.37. The van der Waals surface area contributed by atoms with Crippen molar-refractivity contribution in [3.63, 3.8) is 0 Å². The van der Waals surface area contributed by atoms with Crippen molar-refractivity contribution in [1.29, 1.82) is 0 Å². The summed E-state index contributed by atoms with van der Waals surface area (Å²) in [6.07, 6.45) is 0.971. The zero-order valence-electron chi connectivity index (χ0n) is 17.8. The van der Waals surface area contributed by atoms with Gasteiger partial charge in [0, 0.05) is 32.1 Å². The summed E-state index contributed by atoms with van der Waals surface area (Å²) in [7, 11) is 2.79. The maximum absolute atomic E-state index is 13.3. The highest BCUT2D eigenvalue weighted by atomic mass is 16.5. The molecule has 31 heavy (non-hydrogen) atoms. The minimum atomic E-state index is -0.950. The van der Waals surface area contributed by atoms with Crippen molar-refractivity contribution in [3.05, 3.63) is 36.1 Å². The summed E-state index contributed by atoms with van der Waals surface area (Å²) in [6.45, 7) is 2.13. The topological polar surface area (TPSA) is 92.5 Å². The average Bonchev–Trinajstić information content (AvgIpc) is 3.27. The molecule has 3 heterocycles. The lowest BCUT2D eigenvalue weighted by atomic mass is 9.85. The summed E-state index contributed by atoms with van der Waals surface area (Å²) in [6, 6.07) is 9.45. The zero-order valence-corrected chi connectivity index (χ0v) is 17.8. The van der Waals surface area contributed by atoms with E-state index in [9.17, 15) is 14.4 Å². The van der Waals surface area contributed by atoms with Crippen LogP contribution < -0.4 is 0 Å². The van der Waals surface area contributed by atoms with Crippen LogP contribution in [0.5, 0.6) is 0 Å². The Hall–Kier alpha value is -2.91. The SMILES string of the molecule is COCCN1C(=O)N(CC(=O)OC)C(=O)C12CCN(Cc1cc3ccccc3o1)CC2. The van der Waals surface area contributed by atoms with E-state index in [1.165, 1.54) is 7.11 Å². The van der Waals surface area contributed by atoms with Crippen molar-refractivity contribution in [2.24, 2.45) is 0 Å². The van der Waals surface area contributed by atoms with Gasteiger partial charge in [-0.3, -0.25) is 19.4 Å². The second kappa shape index (κ2) is 8.68. The first-order valence-electron chi connectivity index (χ1n) is 10.4. The number of ether oxygens (including phenoxy) is 2. The minimum Gasteiger partial charge on any atom is -0.468 e. The highest BCUT2D eigenvalue weighted by Gasteiger charge is 2.58. The van der Waals surface area contributed by atoms with Crippen LogP contribution in [0.3, 0.4) is 0 Å². The predicted octanol–water partition coefficient (Wildman–Crippen LogP) is 1.85. The van der Waals surface area contributed by atoms with E-state index in [4.69, 9.17) is 9.15 Å².